The molecule has 0 fully saturated rings. The molecule has 122 valence electrons. The van der Waals surface area contributed by atoms with Crippen LogP contribution in [0.3, 0.4) is 0 Å². The number of carbonyl (C=O) groups excluding carboxylic acids is 1. The number of aryl methyl sites for hydroxylation is 2. The van der Waals surface area contributed by atoms with Crippen LogP contribution in [0.4, 0.5) is 11.6 Å². The largest absolute Gasteiger partial charge is 0.342 e. The average Bonchev–Trinajstić information content (AvgIpc) is 2.51. The number of rotatable bonds is 6. The van der Waals surface area contributed by atoms with Gasteiger partial charge in [-0.2, -0.15) is 0 Å². The normalized spacial score (nSPS) is 10.4. The number of hydrogen-bond donors (Lipinski definition) is 1. The number of amides is 1. The standard InChI is InChI=1S/C18H24N4O/c1-5-6-7-22(4)17(23)15-11-19-18(20-12-15)21-16-9-13(2)8-14(3)10-16/h8-12H,5-7H2,1-4H3,(H,19,20,21). The zero-order valence-electron chi connectivity index (χ0n) is 14.3. The van der Waals surface area contributed by atoms with Crippen molar-refractivity contribution in [3.63, 3.8) is 0 Å². The van der Waals surface area contributed by atoms with Crippen LogP contribution in [0.1, 0.15) is 41.3 Å². The van der Waals surface area contributed by atoms with E-state index in [4.69, 9.17) is 0 Å². The van der Waals surface area contributed by atoms with Crippen LogP contribution < -0.4 is 5.32 Å². The zero-order valence-corrected chi connectivity index (χ0v) is 14.3. The van der Waals surface area contributed by atoms with Crippen LogP contribution in [0.5, 0.6) is 0 Å². The first kappa shape index (κ1) is 16.9. The van der Waals surface area contributed by atoms with Crippen molar-refractivity contribution in [3.8, 4) is 0 Å². The smallest absolute Gasteiger partial charge is 0.256 e. The zero-order chi connectivity index (χ0) is 16.8. The lowest BCUT2D eigenvalue weighted by molar-refractivity contribution is 0.0792. The molecular formula is C18H24N4O. The van der Waals surface area contributed by atoms with E-state index in [-0.39, 0.29) is 5.91 Å². The first-order chi connectivity index (χ1) is 11.0. The van der Waals surface area contributed by atoms with Crippen LogP contribution in [0.15, 0.2) is 30.6 Å². The lowest BCUT2D eigenvalue weighted by Crippen LogP contribution is -2.27. The molecule has 0 unspecified atom stereocenters. The third kappa shape index (κ3) is 4.77. The highest BCUT2D eigenvalue weighted by molar-refractivity contribution is 5.93. The van der Waals surface area contributed by atoms with Crippen LogP contribution in [-0.2, 0) is 0 Å². The Labute approximate surface area is 137 Å². The number of nitrogens with zero attached hydrogens (tertiary/aromatic N) is 3. The molecule has 0 bridgehead atoms. The second kappa shape index (κ2) is 7.72. The molecule has 0 saturated heterocycles. The quantitative estimate of drug-likeness (QED) is 0.883. The lowest BCUT2D eigenvalue weighted by Gasteiger charge is -2.16. The van der Waals surface area contributed by atoms with Crippen molar-refractivity contribution in [2.75, 3.05) is 18.9 Å². The Morgan fingerprint density at radius 2 is 1.74 bits per heavy atom. The summed E-state index contributed by atoms with van der Waals surface area (Å²) in [6.45, 7) is 6.95. The van der Waals surface area contributed by atoms with Gasteiger partial charge >= 0.3 is 0 Å². The molecular weight excluding hydrogens is 288 g/mol. The van der Waals surface area contributed by atoms with E-state index in [0.29, 0.717) is 11.5 Å². The molecule has 0 aliphatic carbocycles. The number of unbranched alkanes of at least 4 members (excludes halogenated alkanes) is 1. The summed E-state index contributed by atoms with van der Waals surface area (Å²) < 4.78 is 0. The van der Waals surface area contributed by atoms with E-state index in [1.54, 1.807) is 24.3 Å². The summed E-state index contributed by atoms with van der Waals surface area (Å²) in [6.07, 6.45) is 5.20. The monoisotopic (exact) mass is 312 g/mol. The summed E-state index contributed by atoms with van der Waals surface area (Å²) in [5.74, 6) is 0.444. The van der Waals surface area contributed by atoms with Gasteiger partial charge in [0.1, 0.15) is 0 Å². The van der Waals surface area contributed by atoms with Crippen LogP contribution in [-0.4, -0.2) is 34.4 Å². The number of anilines is 2. The van der Waals surface area contributed by atoms with Crippen LogP contribution in [0, 0.1) is 13.8 Å². The van der Waals surface area contributed by atoms with Gasteiger partial charge in [-0.1, -0.05) is 19.4 Å². The van der Waals surface area contributed by atoms with Gasteiger partial charge in [-0.15, -0.1) is 0 Å². The molecule has 2 rings (SSSR count). The molecule has 0 aliphatic heterocycles. The van der Waals surface area contributed by atoms with Gasteiger partial charge in [0, 0.05) is 31.7 Å². The molecule has 5 heteroatoms. The van der Waals surface area contributed by atoms with Gasteiger partial charge in [0.2, 0.25) is 5.95 Å². The van der Waals surface area contributed by atoms with E-state index in [0.717, 1.165) is 25.1 Å². The van der Waals surface area contributed by atoms with Crippen LogP contribution >= 0.6 is 0 Å². The van der Waals surface area contributed by atoms with Crippen molar-refractivity contribution in [2.24, 2.45) is 0 Å². The summed E-state index contributed by atoms with van der Waals surface area (Å²) in [6, 6.07) is 6.18. The minimum absolute atomic E-state index is 0.0450. The molecule has 1 aromatic carbocycles. The van der Waals surface area contributed by atoms with Crippen molar-refractivity contribution in [1.29, 1.82) is 0 Å². The first-order valence-electron chi connectivity index (χ1n) is 7.92. The molecule has 23 heavy (non-hydrogen) atoms. The van der Waals surface area contributed by atoms with E-state index >= 15 is 0 Å². The summed E-state index contributed by atoms with van der Waals surface area (Å²) in [5.41, 5.74) is 3.81. The Balaban J connectivity index is 2.05. The summed E-state index contributed by atoms with van der Waals surface area (Å²) in [5, 5.41) is 3.17. The van der Waals surface area contributed by atoms with Gasteiger partial charge < -0.3 is 10.2 Å². The highest BCUT2D eigenvalue weighted by Gasteiger charge is 2.12. The minimum Gasteiger partial charge on any atom is -0.342 e. The van der Waals surface area contributed by atoms with Crippen molar-refractivity contribution in [1.82, 2.24) is 14.9 Å². The predicted molar refractivity (Wildman–Crippen MR) is 93.1 cm³/mol. The first-order valence-corrected chi connectivity index (χ1v) is 7.92. The van der Waals surface area contributed by atoms with E-state index in [2.05, 4.69) is 28.3 Å². The van der Waals surface area contributed by atoms with Gasteiger partial charge in [-0.25, -0.2) is 9.97 Å². The molecule has 1 amide bonds. The van der Waals surface area contributed by atoms with Gasteiger partial charge in [0.25, 0.3) is 5.91 Å². The highest BCUT2D eigenvalue weighted by atomic mass is 16.2. The maximum absolute atomic E-state index is 12.2. The van der Waals surface area contributed by atoms with Gasteiger partial charge in [-0.05, 0) is 43.5 Å². The second-order valence-corrected chi connectivity index (χ2v) is 5.88. The minimum atomic E-state index is -0.0450. The molecule has 1 aromatic heterocycles. The molecule has 0 spiro atoms. The number of aromatic nitrogens is 2. The number of hydrogen-bond acceptors (Lipinski definition) is 4. The fraction of sp³-hybridized carbons (Fsp3) is 0.389. The Kier molecular flexibility index (Phi) is 5.68. The van der Waals surface area contributed by atoms with E-state index in [1.807, 2.05) is 26.0 Å². The molecule has 0 saturated carbocycles. The van der Waals surface area contributed by atoms with Crippen LogP contribution in [0.25, 0.3) is 0 Å². The maximum Gasteiger partial charge on any atom is 0.256 e. The van der Waals surface area contributed by atoms with Crippen molar-refractivity contribution in [2.45, 2.75) is 33.6 Å². The topological polar surface area (TPSA) is 58.1 Å². The molecule has 0 atom stereocenters. The molecule has 5 nitrogen and oxygen atoms in total. The van der Waals surface area contributed by atoms with Gasteiger partial charge in [-0.3, -0.25) is 4.79 Å². The third-order valence-corrected chi connectivity index (χ3v) is 3.57. The van der Waals surface area contributed by atoms with E-state index < -0.39 is 0 Å². The number of nitrogens with one attached hydrogen (secondary N) is 1. The average molecular weight is 312 g/mol. The summed E-state index contributed by atoms with van der Waals surface area (Å²) >= 11 is 0. The van der Waals surface area contributed by atoms with Crippen molar-refractivity contribution in [3.05, 3.63) is 47.3 Å². The SMILES string of the molecule is CCCCN(C)C(=O)c1cnc(Nc2cc(C)cc(C)c2)nc1. The maximum atomic E-state index is 12.2. The second-order valence-electron chi connectivity index (χ2n) is 5.88. The Morgan fingerprint density at radius 3 is 2.30 bits per heavy atom. The number of carbonyl (C=O) groups is 1. The molecule has 1 heterocycles. The van der Waals surface area contributed by atoms with Crippen molar-refractivity contribution >= 4 is 17.5 Å². The Hall–Kier alpha value is -2.43. The molecule has 0 aliphatic rings. The molecule has 0 radical (unpaired) electrons. The van der Waals surface area contributed by atoms with E-state index in [1.165, 1.54) is 11.1 Å². The predicted octanol–water partition coefficient (Wildman–Crippen LogP) is 3.71. The van der Waals surface area contributed by atoms with Crippen LogP contribution in [0.2, 0.25) is 0 Å². The summed E-state index contributed by atoms with van der Waals surface area (Å²) in [4.78, 5) is 22.4. The van der Waals surface area contributed by atoms with Gasteiger partial charge in [0.05, 0.1) is 5.56 Å². The fourth-order valence-electron chi connectivity index (χ4n) is 2.40. The number of benzene rings is 1. The lowest BCUT2D eigenvalue weighted by atomic mass is 10.1. The Morgan fingerprint density at radius 1 is 1.13 bits per heavy atom. The third-order valence-electron chi connectivity index (χ3n) is 3.57. The van der Waals surface area contributed by atoms with E-state index in [9.17, 15) is 4.79 Å². The van der Waals surface area contributed by atoms with Gasteiger partial charge in [0.15, 0.2) is 0 Å². The summed E-state index contributed by atoms with van der Waals surface area (Å²) in [7, 11) is 1.81. The van der Waals surface area contributed by atoms with Crippen molar-refractivity contribution < 1.29 is 4.79 Å². The fourth-order valence-corrected chi connectivity index (χ4v) is 2.40. The molecule has 2 aromatic rings. The molecule has 1 N–H and O–H groups in total. The Bertz CT molecular complexity index is 647. The highest BCUT2D eigenvalue weighted by Crippen LogP contribution is 2.17.